The smallest absolute Gasteiger partial charge is 0.232 e. The fourth-order valence-corrected chi connectivity index (χ4v) is 1.98. The summed E-state index contributed by atoms with van der Waals surface area (Å²) in [6.45, 7) is 3.21. The van der Waals surface area contributed by atoms with Crippen molar-refractivity contribution in [3.8, 4) is 0 Å². The van der Waals surface area contributed by atoms with E-state index < -0.39 is 0 Å². The van der Waals surface area contributed by atoms with Crippen LogP contribution in [0.25, 0.3) is 0 Å². The summed E-state index contributed by atoms with van der Waals surface area (Å²) in [5.41, 5.74) is 0. The molecular weight excluding hydrogens is 174 g/mol. The highest BCUT2D eigenvalue weighted by Gasteiger charge is 2.19. The summed E-state index contributed by atoms with van der Waals surface area (Å²) >= 11 is 1.66. The Balaban J connectivity index is 2.38. The summed E-state index contributed by atoms with van der Waals surface area (Å²) in [4.78, 5) is 23.4. The number of hydrogen-bond donors (Lipinski definition) is 0. The maximum atomic E-state index is 11.2. The third-order valence-corrected chi connectivity index (χ3v) is 2.75. The van der Waals surface area contributed by atoms with Crippen LogP contribution in [0.1, 0.15) is 6.92 Å². The molecular formula is C8H13NO2S. The van der Waals surface area contributed by atoms with Gasteiger partial charge < -0.3 is 9.69 Å². The van der Waals surface area contributed by atoms with Crippen molar-refractivity contribution in [1.82, 2.24) is 4.90 Å². The molecule has 0 aromatic heterocycles. The minimum atomic E-state index is -0.0305. The van der Waals surface area contributed by atoms with Gasteiger partial charge in [0.15, 0.2) is 0 Å². The van der Waals surface area contributed by atoms with Gasteiger partial charge in [-0.1, -0.05) is 6.92 Å². The van der Waals surface area contributed by atoms with Crippen molar-refractivity contribution in [2.45, 2.75) is 6.92 Å². The highest BCUT2D eigenvalue weighted by molar-refractivity contribution is 8.00. The molecule has 4 heteroatoms. The van der Waals surface area contributed by atoms with Gasteiger partial charge in [-0.15, -0.1) is 0 Å². The highest BCUT2D eigenvalue weighted by Crippen LogP contribution is 2.11. The van der Waals surface area contributed by atoms with Gasteiger partial charge in [0.05, 0.1) is 5.75 Å². The van der Waals surface area contributed by atoms with E-state index in [2.05, 4.69) is 0 Å². The van der Waals surface area contributed by atoms with Crippen molar-refractivity contribution >= 4 is 24.0 Å². The molecule has 1 fully saturated rings. The predicted molar refractivity (Wildman–Crippen MR) is 49.1 cm³/mol. The molecule has 1 aliphatic rings. The molecule has 0 spiro atoms. The third kappa shape index (κ3) is 2.52. The summed E-state index contributed by atoms with van der Waals surface area (Å²) < 4.78 is 0. The second kappa shape index (κ2) is 4.50. The number of nitrogens with zero attached hydrogens (tertiary/aromatic N) is 1. The average molecular weight is 187 g/mol. The number of carbonyl (C=O) groups is 2. The van der Waals surface area contributed by atoms with Crippen molar-refractivity contribution in [2.24, 2.45) is 5.92 Å². The van der Waals surface area contributed by atoms with Crippen LogP contribution in [-0.4, -0.2) is 41.7 Å². The average Bonchev–Trinajstić information content (AvgIpc) is 2.09. The lowest BCUT2D eigenvalue weighted by atomic mass is 10.2. The number of thioether (sulfide) groups is 1. The number of hydrogen-bond acceptors (Lipinski definition) is 3. The first kappa shape index (κ1) is 9.58. The second-order valence-corrected chi connectivity index (χ2v) is 4.11. The minimum absolute atomic E-state index is 0.0305. The van der Waals surface area contributed by atoms with E-state index in [1.54, 1.807) is 16.7 Å². The van der Waals surface area contributed by atoms with E-state index in [0.717, 1.165) is 18.6 Å². The van der Waals surface area contributed by atoms with Gasteiger partial charge in [0, 0.05) is 24.8 Å². The lowest BCUT2D eigenvalue weighted by molar-refractivity contribution is -0.129. The standard InChI is InChI=1S/C8H13NO2S/c1-7(5-10)4-9-2-3-12-6-8(9)11/h5,7H,2-4,6H2,1H3. The van der Waals surface area contributed by atoms with Crippen LogP contribution in [0, 0.1) is 5.92 Å². The Hall–Kier alpha value is -0.510. The first-order chi connectivity index (χ1) is 5.74. The van der Waals surface area contributed by atoms with Gasteiger partial charge in [-0.3, -0.25) is 4.79 Å². The number of carbonyl (C=O) groups excluding carboxylic acids is 2. The molecule has 12 heavy (non-hydrogen) atoms. The van der Waals surface area contributed by atoms with Crippen LogP contribution in [-0.2, 0) is 9.59 Å². The Morgan fingerprint density at radius 1 is 1.75 bits per heavy atom. The number of aldehydes is 1. The fourth-order valence-electron chi connectivity index (χ4n) is 1.13. The van der Waals surface area contributed by atoms with E-state index >= 15 is 0 Å². The van der Waals surface area contributed by atoms with Crippen molar-refractivity contribution in [2.75, 3.05) is 24.6 Å². The van der Waals surface area contributed by atoms with Gasteiger partial charge in [0.1, 0.15) is 6.29 Å². The first-order valence-electron chi connectivity index (χ1n) is 4.05. The van der Waals surface area contributed by atoms with Gasteiger partial charge in [-0.25, -0.2) is 0 Å². The maximum Gasteiger partial charge on any atom is 0.232 e. The van der Waals surface area contributed by atoms with Gasteiger partial charge in [0.25, 0.3) is 0 Å². The van der Waals surface area contributed by atoms with E-state index in [0.29, 0.717) is 12.3 Å². The van der Waals surface area contributed by atoms with Crippen LogP contribution in [0.15, 0.2) is 0 Å². The number of amides is 1. The van der Waals surface area contributed by atoms with Crippen molar-refractivity contribution in [3.05, 3.63) is 0 Å². The zero-order valence-electron chi connectivity index (χ0n) is 7.16. The zero-order chi connectivity index (χ0) is 8.97. The molecule has 1 unspecified atom stereocenters. The second-order valence-electron chi connectivity index (χ2n) is 3.01. The van der Waals surface area contributed by atoms with Crippen LogP contribution >= 0.6 is 11.8 Å². The topological polar surface area (TPSA) is 37.4 Å². The summed E-state index contributed by atoms with van der Waals surface area (Å²) in [6.07, 6.45) is 0.898. The molecule has 1 saturated heterocycles. The predicted octanol–water partition coefficient (Wildman–Crippen LogP) is 0.397. The Morgan fingerprint density at radius 2 is 2.50 bits per heavy atom. The van der Waals surface area contributed by atoms with Gasteiger partial charge in [-0.05, 0) is 0 Å². The van der Waals surface area contributed by atoms with Crippen molar-refractivity contribution < 1.29 is 9.59 Å². The van der Waals surface area contributed by atoms with Crippen LogP contribution in [0.4, 0.5) is 0 Å². The molecule has 1 amide bonds. The van der Waals surface area contributed by atoms with Crippen LogP contribution in [0.5, 0.6) is 0 Å². The summed E-state index contributed by atoms with van der Waals surface area (Å²) in [5, 5.41) is 0. The van der Waals surface area contributed by atoms with Crippen LogP contribution in [0.2, 0.25) is 0 Å². The lowest BCUT2D eigenvalue weighted by Crippen LogP contribution is -2.40. The van der Waals surface area contributed by atoms with E-state index in [1.165, 1.54) is 0 Å². The van der Waals surface area contributed by atoms with E-state index in [-0.39, 0.29) is 11.8 Å². The molecule has 0 aliphatic carbocycles. The van der Waals surface area contributed by atoms with Gasteiger partial charge in [0.2, 0.25) is 5.91 Å². The highest BCUT2D eigenvalue weighted by atomic mass is 32.2. The molecule has 68 valence electrons. The minimum Gasteiger partial charge on any atom is -0.340 e. The first-order valence-corrected chi connectivity index (χ1v) is 5.20. The molecule has 0 aromatic rings. The molecule has 0 saturated carbocycles. The molecule has 0 N–H and O–H groups in total. The molecule has 3 nitrogen and oxygen atoms in total. The van der Waals surface area contributed by atoms with Crippen LogP contribution in [0.3, 0.4) is 0 Å². The fraction of sp³-hybridized carbons (Fsp3) is 0.750. The largest absolute Gasteiger partial charge is 0.340 e. The Bertz CT molecular complexity index is 184. The zero-order valence-corrected chi connectivity index (χ0v) is 7.97. The molecule has 0 aromatic carbocycles. The maximum absolute atomic E-state index is 11.2. The van der Waals surface area contributed by atoms with E-state index in [9.17, 15) is 9.59 Å². The molecule has 0 bridgehead atoms. The number of rotatable bonds is 3. The Morgan fingerprint density at radius 3 is 3.08 bits per heavy atom. The quantitative estimate of drug-likeness (QED) is 0.600. The molecule has 1 heterocycles. The molecule has 0 radical (unpaired) electrons. The SMILES string of the molecule is CC(C=O)CN1CCSCC1=O. The summed E-state index contributed by atoms with van der Waals surface area (Å²) in [7, 11) is 0. The van der Waals surface area contributed by atoms with Gasteiger partial charge in [-0.2, -0.15) is 11.8 Å². The summed E-state index contributed by atoms with van der Waals surface area (Å²) in [5.74, 6) is 1.71. The van der Waals surface area contributed by atoms with Crippen molar-refractivity contribution in [1.29, 1.82) is 0 Å². The monoisotopic (exact) mass is 187 g/mol. The molecule has 1 aliphatic heterocycles. The normalized spacial score (nSPS) is 20.8. The van der Waals surface area contributed by atoms with E-state index in [4.69, 9.17) is 0 Å². The van der Waals surface area contributed by atoms with Gasteiger partial charge >= 0.3 is 0 Å². The third-order valence-electron chi connectivity index (χ3n) is 1.82. The molecule has 1 rings (SSSR count). The van der Waals surface area contributed by atoms with Crippen molar-refractivity contribution in [3.63, 3.8) is 0 Å². The lowest BCUT2D eigenvalue weighted by Gasteiger charge is -2.27. The van der Waals surface area contributed by atoms with E-state index in [1.807, 2.05) is 6.92 Å². The Labute approximate surface area is 76.5 Å². The summed E-state index contributed by atoms with van der Waals surface area (Å²) in [6, 6.07) is 0. The Kier molecular flexibility index (Phi) is 3.59. The molecule has 1 atom stereocenters. The van der Waals surface area contributed by atoms with Crippen LogP contribution < -0.4 is 0 Å².